The van der Waals surface area contributed by atoms with E-state index in [1.165, 1.54) is 38.8 Å². The second-order valence-electron chi connectivity index (χ2n) is 5.53. The van der Waals surface area contributed by atoms with E-state index in [1.54, 1.807) is 0 Å². The SMILES string of the molecule is CC(CCN(C)C)NCC1CCCCN1C. The molecule has 1 N–H and O–H groups in total. The summed E-state index contributed by atoms with van der Waals surface area (Å²) < 4.78 is 0. The second-order valence-corrected chi connectivity index (χ2v) is 5.53. The molecule has 0 amide bonds. The smallest absolute Gasteiger partial charge is 0.0217 e. The summed E-state index contributed by atoms with van der Waals surface area (Å²) in [5, 5.41) is 3.67. The Morgan fingerprint density at radius 2 is 2.12 bits per heavy atom. The first kappa shape index (κ1) is 13.9. The average molecular weight is 227 g/mol. The van der Waals surface area contributed by atoms with Crippen LogP contribution in [0.2, 0.25) is 0 Å². The van der Waals surface area contributed by atoms with Gasteiger partial charge >= 0.3 is 0 Å². The number of piperidine rings is 1. The van der Waals surface area contributed by atoms with E-state index in [0.717, 1.165) is 12.6 Å². The molecule has 2 atom stereocenters. The largest absolute Gasteiger partial charge is 0.313 e. The van der Waals surface area contributed by atoms with Crippen molar-refractivity contribution in [2.75, 3.05) is 40.8 Å². The van der Waals surface area contributed by atoms with Gasteiger partial charge in [0.15, 0.2) is 0 Å². The van der Waals surface area contributed by atoms with E-state index in [9.17, 15) is 0 Å². The van der Waals surface area contributed by atoms with Gasteiger partial charge < -0.3 is 15.1 Å². The summed E-state index contributed by atoms with van der Waals surface area (Å²) in [6.07, 6.45) is 5.39. The van der Waals surface area contributed by atoms with Crippen LogP contribution in [0.1, 0.15) is 32.6 Å². The highest BCUT2D eigenvalue weighted by molar-refractivity contribution is 4.77. The molecule has 3 heteroatoms. The summed E-state index contributed by atoms with van der Waals surface area (Å²) in [7, 11) is 6.54. The molecule has 16 heavy (non-hydrogen) atoms. The van der Waals surface area contributed by atoms with E-state index < -0.39 is 0 Å². The summed E-state index contributed by atoms with van der Waals surface area (Å²) in [6, 6.07) is 1.40. The maximum absolute atomic E-state index is 3.67. The van der Waals surface area contributed by atoms with Crippen LogP contribution in [0, 0.1) is 0 Å². The molecule has 0 aliphatic carbocycles. The Labute approximate surface area is 101 Å². The van der Waals surface area contributed by atoms with Crippen LogP contribution in [-0.2, 0) is 0 Å². The molecule has 0 spiro atoms. The van der Waals surface area contributed by atoms with Gasteiger partial charge in [-0.3, -0.25) is 0 Å². The zero-order chi connectivity index (χ0) is 12.0. The second kappa shape index (κ2) is 7.25. The molecule has 0 radical (unpaired) electrons. The minimum absolute atomic E-state index is 0.637. The molecule has 0 bridgehead atoms. The highest BCUT2D eigenvalue weighted by Gasteiger charge is 2.18. The summed E-state index contributed by atoms with van der Waals surface area (Å²) in [5.41, 5.74) is 0. The molecule has 0 saturated carbocycles. The summed E-state index contributed by atoms with van der Waals surface area (Å²) in [4.78, 5) is 4.76. The number of rotatable bonds is 6. The van der Waals surface area contributed by atoms with Crippen molar-refractivity contribution < 1.29 is 0 Å². The minimum Gasteiger partial charge on any atom is -0.313 e. The predicted molar refractivity (Wildman–Crippen MR) is 70.9 cm³/mol. The number of likely N-dealkylation sites (N-methyl/N-ethyl adjacent to an activating group) is 1. The van der Waals surface area contributed by atoms with Gasteiger partial charge in [0.1, 0.15) is 0 Å². The van der Waals surface area contributed by atoms with Crippen molar-refractivity contribution in [3.63, 3.8) is 0 Å². The highest BCUT2D eigenvalue weighted by atomic mass is 15.2. The average Bonchev–Trinajstić information content (AvgIpc) is 2.25. The van der Waals surface area contributed by atoms with E-state index in [1.807, 2.05) is 0 Å². The van der Waals surface area contributed by atoms with Crippen LogP contribution in [-0.4, -0.2) is 62.7 Å². The van der Waals surface area contributed by atoms with Crippen LogP contribution < -0.4 is 5.32 Å². The van der Waals surface area contributed by atoms with E-state index in [4.69, 9.17) is 0 Å². The Bertz CT molecular complexity index is 182. The monoisotopic (exact) mass is 227 g/mol. The molecule has 1 heterocycles. The van der Waals surface area contributed by atoms with Crippen LogP contribution in [0.25, 0.3) is 0 Å². The van der Waals surface area contributed by atoms with Gasteiger partial charge in [-0.05, 0) is 60.4 Å². The topological polar surface area (TPSA) is 18.5 Å². The highest BCUT2D eigenvalue weighted by Crippen LogP contribution is 2.14. The van der Waals surface area contributed by atoms with Gasteiger partial charge in [0.25, 0.3) is 0 Å². The molecule has 1 rings (SSSR count). The standard InChI is InChI=1S/C13H29N3/c1-12(8-10-15(2)3)14-11-13-7-5-6-9-16(13)4/h12-14H,5-11H2,1-4H3. The maximum atomic E-state index is 3.67. The molecule has 0 aromatic carbocycles. The van der Waals surface area contributed by atoms with Crippen molar-refractivity contribution in [3.8, 4) is 0 Å². The Morgan fingerprint density at radius 1 is 1.38 bits per heavy atom. The third-order valence-electron chi connectivity index (χ3n) is 3.63. The van der Waals surface area contributed by atoms with E-state index in [0.29, 0.717) is 6.04 Å². The lowest BCUT2D eigenvalue weighted by molar-refractivity contribution is 0.177. The first-order chi connectivity index (χ1) is 7.59. The lowest BCUT2D eigenvalue weighted by atomic mass is 10.0. The van der Waals surface area contributed by atoms with Crippen LogP contribution in [0.3, 0.4) is 0 Å². The normalized spacial score (nSPS) is 24.9. The lowest BCUT2D eigenvalue weighted by Crippen LogP contribution is -2.45. The number of nitrogens with one attached hydrogen (secondary N) is 1. The summed E-state index contributed by atoms with van der Waals surface area (Å²) >= 11 is 0. The number of hydrogen-bond acceptors (Lipinski definition) is 3. The van der Waals surface area contributed by atoms with Crippen molar-refractivity contribution in [1.82, 2.24) is 15.1 Å². The molecule has 0 aromatic heterocycles. The molecule has 0 aromatic rings. The van der Waals surface area contributed by atoms with Gasteiger partial charge in [-0.2, -0.15) is 0 Å². The van der Waals surface area contributed by atoms with Gasteiger partial charge in [-0.1, -0.05) is 6.42 Å². The molecule has 3 nitrogen and oxygen atoms in total. The molecule has 1 aliphatic rings. The fourth-order valence-corrected chi connectivity index (χ4v) is 2.29. The van der Waals surface area contributed by atoms with E-state index in [2.05, 4.69) is 43.2 Å². The zero-order valence-electron chi connectivity index (χ0n) is 11.5. The lowest BCUT2D eigenvalue weighted by Gasteiger charge is -2.33. The number of likely N-dealkylation sites (tertiary alicyclic amines) is 1. The Morgan fingerprint density at radius 3 is 2.75 bits per heavy atom. The summed E-state index contributed by atoms with van der Waals surface area (Å²) in [5.74, 6) is 0. The van der Waals surface area contributed by atoms with Gasteiger partial charge in [0.2, 0.25) is 0 Å². The molecule has 2 unspecified atom stereocenters. The fraction of sp³-hybridized carbons (Fsp3) is 1.00. The van der Waals surface area contributed by atoms with E-state index >= 15 is 0 Å². The maximum Gasteiger partial charge on any atom is 0.0217 e. The van der Waals surface area contributed by atoms with Crippen LogP contribution in [0.4, 0.5) is 0 Å². The summed E-state index contributed by atoms with van der Waals surface area (Å²) in [6.45, 7) is 5.91. The fourth-order valence-electron chi connectivity index (χ4n) is 2.29. The number of nitrogens with zero attached hydrogens (tertiary/aromatic N) is 2. The predicted octanol–water partition coefficient (Wildman–Crippen LogP) is 1.40. The molecule has 1 fully saturated rings. The van der Waals surface area contributed by atoms with Gasteiger partial charge in [0.05, 0.1) is 0 Å². The van der Waals surface area contributed by atoms with Crippen molar-refractivity contribution in [3.05, 3.63) is 0 Å². The Kier molecular flexibility index (Phi) is 6.32. The Balaban J connectivity index is 2.12. The van der Waals surface area contributed by atoms with Crippen molar-refractivity contribution in [2.24, 2.45) is 0 Å². The zero-order valence-corrected chi connectivity index (χ0v) is 11.5. The van der Waals surface area contributed by atoms with E-state index in [-0.39, 0.29) is 0 Å². The Hall–Kier alpha value is -0.120. The first-order valence-electron chi connectivity index (χ1n) is 6.68. The minimum atomic E-state index is 0.637. The first-order valence-corrected chi connectivity index (χ1v) is 6.68. The third-order valence-corrected chi connectivity index (χ3v) is 3.63. The van der Waals surface area contributed by atoms with Gasteiger partial charge in [-0.25, -0.2) is 0 Å². The van der Waals surface area contributed by atoms with Gasteiger partial charge in [-0.15, -0.1) is 0 Å². The van der Waals surface area contributed by atoms with Crippen molar-refractivity contribution in [2.45, 2.75) is 44.7 Å². The molecular formula is C13H29N3. The number of hydrogen-bond donors (Lipinski definition) is 1. The molecular weight excluding hydrogens is 198 g/mol. The molecule has 1 aliphatic heterocycles. The van der Waals surface area contributed by atoms with Gasteiger partial charge in [0, 0.05) is 18.6 Å². The molecule has 96 valence electrons. The third kappa shape index (κ3) is 5.28. The van der Waals surface area contributed by atoms with Crippen LogP contribution in [0.5, 0.6) is 0 Å². The van der Waals surface area contributed by atoms with Crippen LogP contribution in [0.15, 0.2) is 0 Å². The quantitative estimate of drug-likeness (QED) is 0.740. The van der Waals surface area contributed by atoms with Crippen molar-refractivity contribution >= 4 is 0 Å². The molecule has 1 saturated heterocycles. The van der Waals surface area contributed by atoms with Crippen molar-refractivity contribution in [1.29, 1.82) is 0 Å². The van der Waals surface area contributed by atoms with Crippen LogP contribution >= 0.6 is 0 Å².